The monoisotopic (exact) mass is 585 g/mol. The van der Waals surface area contributed by atoms with Crippen molar-refractivity contribution >= 4 is 50.4 Å². The number of carbonyl (C=O) groups excluding carboxylic acids is 1. The smallest absolute Gasteiger partial charge is 0.229 e. The highest BCUT2D eigenvalue weighted by atomic mass is 35.5. The van der Waals surface area contributed by atoms with Gasteiger partial charge in [0.1, 0.15) is 10.8 Å². The summed E-state index contributed by atoms with van der Waals surface area (Å²) in [4.78, 5) is 24.7. The number of methoxy groups -OCH3 is 1. The molecule has 3 aromatic rings. The molecular formula is C28H32ClN5O5S. The van der Waals surface area contributed by atoms with E-state index in [1.807, 2.05) is 6.07 Å². The third-order valence-corrected chi connectivity index (χ3v) is 9.71. The number of aromatic nitrogens is 2. The summed E-state index contributed by atoms with van der Waals surface area (Å²) in [6.45, 7) is 6.00. The van der Waals surface area contributed by atoms with Crippen LogP contribution in [0.3, 0.4) is 0 Å². The SMILES string of the molecule is COc1cc2c(cc1Nc1ncc(Cl)c(Nc3ccccc3S(=O)(=O)C(C)C)n1)C(=O)C(N1CCOCC1)CC2. The van der Waals surface area contributed by atoms with Crippen LogP contribution in [0.25, 0.3) is 0 Å². The largest absolute Gasteiger partial charge is 0.495 e. The molecule has 1 aliphatic heterocycles. The fourth-order valence-corrected chi connectivity index (χ4v) is 6.34. The first-order valence-electron chi connectivity index (χ1n) is 13.2. The zero-order valence-corrected chi connectivity index (χ0v) is 24.2. The van der Waals surface area contributed by atoms with Gasteiger partial charge in [-0.15, -0.1) is 0 Å². The van der Waals surface area contributed by atoms with Gasteiger partial charge in [0.25, 0.3) is 0 Å². The highest BCUT2D eigenvalue weighted by Gasteiger charge is 2.33. The fourth-order valence-electron chi connectivity index (χ4n) is 5.00. The first-order valence-corrected chi connectivity index (χ1v) is 15.1. The Balaban J connectivity index is 1.44. The number of hydrogen-bond donors (Lipinski definition) is 2. The van der Waals surface area contributed by atoms with Gasteiger partial charge in [-0.3, -0.25) is 9.69 Å². The van der Waals surface area contributed by atoms with Gasteiger partial charge in [-0.25, -0.2) is 13.4 Å². The number of ether oxygens (including phenoxy) is 2. The van der Waals surface area contributed by atoms with Gasteiger partial charge in [0.05, 0.1) is 54.1 Å². The molecule has 2 aliphatic rings. The number of nitrogens with zero attached hydrogens (tertiary/aromatic N) is 3. The van der Waals surface area contributed by atoms with Crippen LogP contribution in [0.15, 0.2) is 47.5 Å². The van der Waals surface area contributed by atoms with Crippen molar-refractivity contribution < 1.29 is 22.7 Å². The van der Waals surface area contributed by atoms with Crippen molar-refractivity contribution in [1.29, 1.82) is 0 Å². The maximum absolute atomic E-state index is 13.5. The van der Waals surface area contributed by atoms with Crippen molar-refractivity contribution in [2.24, 2.45) is 0 Å². The summed E-state index contributed by atoms with van der Waals surface area (Å²) in [6, 6.07) is 10.1. The van der Waals surface area contributed by atoms with Gasteiger partial charge in [0.2, 0.25) is 5.95 Å². The number of morpholine rings is 1. The van der Waals surface area contributed by atoms with Gasteiger partial charge in [0, 0.05) is 18.7 Å². The van der Waals surface area contributed by atoms with Crippen LogP contribution < -0.4 is 15.4 Å². The maximum Gasteiger partial charge on any atom is 0.229 e. The lowest BCUT2D eigenvalue weighted by atomic mass is 9.85. The Labute approximate surface area is 239 Å². The number of halogens is 1. The molecule has 0 saturated carbocycles. The van der Waals surface area contributed by atoms with Crippen LogP contribution in [-0.2, 0) is 21.0 Å². The van der Waals surface area contributed by atoms with Crippen LogP contribution in [-0.4, -0.2) is 73.8 Å². The predicted octanol–water partition coefficient (Wildman–Crippen LogP) is 4.64. The minimum atomic E-state index is -3.56. The lowest BCUT2D eigenvalue weighted by Crippen LogP contribution is -2.49. The highest BCUT2D eigenvalue weighted by Crippen LogP contribution is 2.36. The minimum absolute atomic E-state index is 0.0798. The zero-order chi connectivity index (χ0) is 28.4. The number of Topliss-reactive ketones (excluding diaryl/α,β-unsaturated/α-hetero) is 1. The molecule has 0 spiro atoms. The number of hydrogen-bond acceptors (Lipinski definition) is 10. The Morgan fingerprint density at radius 2 is 1.88 bits per heavy atom. The number of carbonyl (C=O) groups is 1. The summed E-state index contributed by atoms with van der Waals surface area (Å²) in [7, 11) is -1.99. The lowest BCUT2D eigenvalue weighted by molar-refractivity contribution is 0.0152. The summed E-state index contributed by atoms with van der Waals surface area (Å²) in [5.74, 6) is 1.06. The number of benzene rings is 2. The molecule has 212 valence electrons. The molecule has 5 rings (SSSR count). The number of para-hydroxylation sites is 1. The van der Waals surface area contributed by atoms with Crippen molar-refractivity contribution in [3.63, 3.8) is 0 Å². The molecular weight excluding hydrogens is 554 g/mol. The number of fused-ring (bicyclic) bond motifs is 1. The summed E-state index contributed by atoms with van der Waals surface area (Å²) >= 11 is 6.39. The minimum Gasteiger partial charge on any atom is -0.495 e. The molecule has 1 saturated heterocycles. The molecule has 12 heteroatoms. The second-order valence-corrected chi connectivity index (χ2v) is 12.9. The second kappa shape index (κ2) is 11.7. The topological polar surface area (TPSA) is 123 Å². The van der Waals surface area contributed by atoms with Gasteiger partial charge in [0.15, 0.2) is 21.4 Å². The highest BCUT2D eigenvalue weighted by molar-refractivity contribution is 7.92. The van der Waals surface area contributed by atoms with Crippen LogP contribution >= 0.6 is 11.6 Å². The van der Waals surface area contributed by atoms with E-state index in [9.17, 15) is 13.2 Å². The van der Waals surface area contributed by atoms with Crippen LogP contribution in [0.5, 0.6) is 5.75 Å². The van der Waals surface area contributed by atoms with Gasteiger partial charge < -0.3 is 20.1 Å². The van der Waals surface area contributed by atoms with Crippen molar-refractivity contribution in [1.82, 2.24) is 14.9 Å². The molecule has 0 amide bonds. The molecule has 2 aromatic carbocycles. The van der Waals surface area contributed by atoms with Crippen molar-refractivity contribution in [2.75, 3.05) is 44.0 Å². The lowest BCUT2D eigenvalue weighted by Gasteiger charge is -2.36. The van der Waals surface area contributed by atoms with Crippen LogP contribution in [0.2, 0.25) is 5.02 Å². The van der Waals surface area contributed by atoms with E-state index in [4.69, 9.17) is 21.1 Å². The summed E-state index contributed by atoms with van der Waals surface area (Å²) in [5, 5.41) is 5.82. The van der Waals surface area contributed by atoms with Gasteiger partial charge in [-0.2, -0.15) is 4.98 Å². The normalized spacial score (nSPS) is 17.9. The fraction of sp³-hybridized carbons (Fsp3) is 0.393. The van der Waals surface area contributed by atoms with E-state index in [1.165, 1.54) is 6.20 Å². The zero-order valence-electron chi connectivity index (χ0n) is 22.6. The average molecular weight is 586 g/mol. The van der Waals surface area contributed by atoms with Crippen molar-refractivity contribution in [3.05, 3.63) is 58.7 Å². The van der Waals surface area contributed by atoms with E-state index in [0.717, 1.165) is 31.5 Å². The Hall–Kier alpha value is -3.25. The molecule has 0 radical (unpaired) electrons. The van der Waals surface area contributed by atoms with E-state index in [-0.39, 0.29) is 33.5 Å². The molecule has 1 atom stereocenters. The van der Waals surface area contributed by atoms with Crippen LogP contribution in [0.1, 0.15) is 36.2 Å². The Bertz CT molecular complexity index is 1530. The molecule has 10 nitrogen and oxygen atoms in total. The molecule has 1 fully saturated rings. The van der Waals surface area contributed by atoms with Gasteiger partial charge in [-0.1, -0.05) is 23.7 Å². The van der Waals surface area contributed by atoms with E-state index in [2.05, 4.69) is 25.5 Å². The quantitative estimate of drug-likeness (QED) is 0.386. The summed E-state index contributed by atoms with van der Waals surface area (Å²) < 4.78 is 36.9. The molecule has 1 aromatic heterocycles. The summed E-state index contributed by atoms with van der Waals surface area (Å²) in [6.07, 6.45) is 2.94. The molecule has 2 heterocycles. The number of aryl methyl sites for hydroxylation is 1. The van der Waals surface area contributed by atoms with Crippen LogP contribution in [0, 0.1) is 0 Å². The van der Waals surface area contributed by atoms with Crippen molar-refractivity contribution in [2.45, 2.75) is 42.9 Å². The molecule has 2 N–H and O–H groups in total. The number of sulfone groups is 1. The first kappa shape index (κ1) is 28.3. The van der Waals surface area contributed by atoms with Crippen molar-refractivity contribution in [3.8, 4) is 5.75 Å². The van der Waals surface area contributed by atoms with Gasteiger partial charge >= 0.3 is 0 Å². The molecule has 1 unspecified atom stereocenters. The van der Waals surface area contributed by atoms with Gasteiger partial charge in [-0.05, 0) is 56.5 Å². The van der Waals surface area contributed by atoms with E-state index < -0.39 is 15.1 Å². The average Bonchev–Trinajstić information content (AvgIpc) is 2.95. The third kappa shape index (κ3) is 5.64. The van der Waals surface area contributed by atoms with E-state index >= 15 is 0 Å². The Morgan fingerprint density at radius 1 is 1.12 bits per heavy atom. The summed E-state index contributed by atoms with van der Waals surface area (Å²) in [5.41, 5.74) is 2.48. The Morgan fingerprint density at radius 3 is 2.60 bits per heavy atom. The number of ketones is 1. The number of anilines is 4. The predicted molar refractivity (Wildman–Crippen MR) is 154 cm³/mol. The molecule has 0 bridgehead atoms. The molecule has 40 heavy (non-hydrogen) atoms. The first-order chi connectivity index (χ1) is 19.2. The second-order valence-electron chi connectivity index (χ2n) is 10.0. The maximum atomic E-state index is 13.5. The molecule has 1 aliphatic carbocycles. The number of rotatable bonds is 8. The number of nitrogens with one attached hydrogen (secondary N) is 2. The standard InChI is InChI=1S/C28H32ClN5O5S/c1-17(2)40(36,37)25-7-5-4-6-21(25)31-27-20(29)16-30-28(33-27)32-22-15-19-18(14-24(22)38-3)8-9-23(26(19)35)34-10-12-39-13-11-34/h4-7,14-17,23H,8-13H2,1-3H3,(H2,30,31,32,33). The van der Waals surface area contributed by atoms with E-state index in [0.29, 0.717) is 35.9 Å². The van der Waals surface area contributed by atoms with Crippen LogP contribution in [0.4, 0.5) is 23.1 Å². The van der Waals surface area contributed by atoms with E-state index in [1.54, 1.807) is 51.3 Å². The third-order valence-electron chi connectivity index (χ3n) is 7.22. The Kier molecular flexibility index (Phi) is 8.27.